The first-order valence-corrected chi connectivity index (χ1v) is 13.1. The monoisotopic (exact) mass is 441 g/mol. The number of anilines is 1. The second-order valence-electron chi connectivity index (χ2n) is 11.2. The molecule has 4 fully saturated rings. The minimum atomic E-state index is 0.508. The second kappa shape index (κ2) is 9.19. The van der Waals surface area contributed by atoms with Crippen molar-refractivity contribution in [2.75, 3.05) is 45.2 Å². The summed E-state index contributed by atoms with van der Waals surface area (Å²) in [4.78, 5) is 17.5. The lowest BCUT2D eigenvalue weighted by Gasteiger charge is -2.60. The van der Waals surface area contributed by atoms with E-state index in [2.05, 4.69) is 48.0 Å². The van der Waals surface area contributed by atoms with Gasteiger partial charge in [-0.3, -0.25) is 0 Å². The third kappa shape index (κ3) is 4.19. The van der Waals surface area contributed by atoms with Crippen LogP contribution in [0.1, 0.15) is 76.7 Å². The van der Waals surface area contributed by atoms with Gasteiger partial charge in [0, 0.05) is 50.7 Å². The first-order valence-electron chi connectivity index (χ1n) is 13.1. The molecular weight excluding hydrogens is 398 g/mol. The largest absolute Gasteiger partial charge is 0.381 e. The van der Waals surface area contributed by atoms with Gasteiger partial charge < -0.3 is 19.4 Å². The molecular formula is C26H43N5O. The van der Waals surface area contributed by atoms with Crippen LogP contribution in [0, 0.1) is 5.41 Å². The summed E-state index contributed by atoms with van der Waals surface area (Å²) in [5, 5.41) is 0. The maximum atomic E-state index is 5.51. The van der Waals surface area contributed by atoms with Gasteiger partial charge in [-0.15, -0.1) is 0 Å². The molecule has 4 aliphatic rings. The Hall–Kier alpha value is -1.24. The molecule has 0 N–H and O–H groups in total. The fourth-order valence-corrected chi connectivity index (χ4v) is 7.12. The summed E-state index contributed by atoms with van der Waals surface area (Å²) in [6, 6.07) is 1.84. The summed E-state index contributed by atoms with van der Waals surface area (Å²) >= 11 is 0. The summed E-state index contributed by atoms with van der Waals surface area (Å²) in [5.41, 5.74) is 1.98. The Morgan fingerprint density at radius 3 is 2.09 bits per heavy atom. The van der Waals surface area contributed by atoms with Crippen LogP contribution < -0.4 is 4.90 Å². The Kier molecular flexibility index (Phi) is 6.47. The number of methoxy groups -OCH3 is 1. The van der Waals surface area contributed by atoms with Crippen LogP contribution in [-0.4, -0.2) is 84.3 Å². The molecule has 0 amide bonds. The van der Waals surface area contributed by atoms with Crippen LogP contribution in [0.25, 0.3) is 0 Å². The molecule has 1 aromatic heterocycles. The van der Waals surface area contributed by atoms with Crippen LogP contribution in [0.4, 0.5) is 5.95 Å². The van der Waals surface area contributed by atoms with Crippen molar-refractivity contribution < 1.29 is 4.74 Å². The van der Waals surface area contributed by atoms with Gasteiger partial charge in [0.1, 0.15) is 0 Å². The number of nitrogens with zero attached hydrogens (tertiary/aromatic N) is 5. The quantitative estimate of drug-likeness (QED) is 0.667. The molecule has 2 saturated carbocycles. The maximum Gasteiger partial charge on any atom is 0.225 e. The zero-order valence-corrected chi connectivity index (χ0v) is 20.7. The molecule has 6 nitrogen and oxygen atoms in total. The molecule has 1 spiro atoms. The van der Waals surface area contributed by atoms with E-state index < -0.39 is 0 Å². The van der Waals surface area contributed by atoms with E-state index in [0.29, 0.717) is 29.5 Å². The normalized spacial score (nSPS) is 36.8. The predicted molar refractivity (Wildman–Crippen MR) is 129 cm³/mol. The topological polar surface area (TPSA) is 44.7 Å². The number of likely N-dealkylation sites (N-methyl/N-ethyl adjacent to an activating group) is 1. The van der Waals surface area contributed by atoms with E-state index in [9.17, 15) is 0 Å². The molecule has 2 aliphatic heterocycles. The molecule has 0 radical (unpaired) electrons. The number of hydrogen-bond acceptors (Lipinski definition) is 6. The Morgan fingerprint density at radius 1 is 0.969 bits per heavy atom. The Balaban J connectivity index is 1.15. The van der Waals surface area contributed by atoms with Gasteiger partial charge >= 0.3 is 0 Å². The lowest BCUT2D eigenvalue weighted by atomic mass is 9.52. The SMILES string of the molecule is CCC1CN(C)CC(CC)N1c1ncc(C2CCN(C3CC4(CC(OC)C4)C3)CC2)cn1. The molecule has 2 saturated heterocycles. The fourth-order valence-electron chi connectivity index (χ4n) is 7.12. The fraction of sp³-hybridized carbons (Fsp3) is 0.846. The van der Waals surface area contributed by atoms with Crippen molar-refractivity contribution in [3.63, 3.8) is 0 Å². The van der Waals surface area contributed by atoms with Crippen LogP contribution in [-0.2, 0) is 4.74 Å². The van der Waals surface area contributed by atoms with E-state index in [1.807, 2.05) is 7.11 Å². The Bertz CT molecular complexity index is 734. The molecule has 6 heteroatoms. The molecule has 0 aromatic carbocycles. The number of piperidine rings is 1. The number of hydrogen-bond donors (Lipinski definition) is 0. The van der Waals surface area contributed by atoms with Gasteiger partial charge in [-0.2, -0.15) is 0 Å². The number of piperazine rings is 1. The summed E-state index contributed by atoms with van der Waals surface area (Å²) in [5.74, 6) is 1.56. The lowest BCUT2D eigenvalue weighted by Crippen LogP contribution is -2.59. The van der Waals surface area contributed by atoms with Crippen molar-refractivity contribution in [3.05, 3.63) is 18.0 Å². The van der Waals surface area contributed by atoms with Gasteiger partial charge in [-0.25, -0.2) is 9.97 Å². The van der Waals surface area contributed by atoms with Crippen molar-refractivity contribution >= 4 is 5.95 Å². The van der Waals surface area contributed by atoms with E-state index in [-0.39, 0.29) is 0 Å². The first-order chi connectivity index (χ1) is 15.5. The van der Waals surface area contributed by atoms with Crippen LogP contribution in [0.3, 0.4) is 0 Å². The van der Waals surface area contributed by atoms with Crippen molar-refractivity contribution in [1.29, 1.82) is 0 Å². The summed E-state index contributed by atoms with van der Waals surface area (Å²) in [6.45, 7) is 9.24. The van der Waals surface area contributed by atoms with Gasteiger partial charge in [0.2, 0.25) is 5.95 Å². The van der Waals surface area contributed by atoms with Gasteiger partial charge in [-0.1, -0.05) is 13.8 Å². The molecule has 32 heavy (non-hydrogen) atoms. The average molecular weight is 442 g/mol. The maximum absolute atomic E-state index is 5.51. The summed E-state index contributed by atoms with van der Waals surface area (Å²) < 4.78 is 5.51. The summed E-state index contributed by atoms with van der Waals surface area (Å²) in [6.07, 6.45) is 15.0. The highest BCUT2D eigenvalue weighted by Gasteiger charge is 2.54. The summed E-state index contributed by atoms with van der Waals surface area (Å²) in [7, 11) is 4.11. The molecule has 2 atom stereocenters. The van der Waals surface area contributed by atoms with E-state index >= 15 is 0 Å². The van der Waals surface area contributed by atoms with Crippen LogP contribution >= 0.6 is 0 Å². The van der Waals surface area contributed by atoms with Crippen molar-refractivity contribution in [2.45, 2.75) is 95.4 Å². The van der Waals surface area contributed by atoms with Crippen LogP contribution in [0.2, 0.25) is 0 Å². The number of aromatic nitrogens is 2. The van der Waals surface area contributed by atoms with E-state index in [1.54, 1.807) is 0 Å². The molecule has 178 valence electrons. The van der Waals surface area contributed by atoms with Crippen molar-refractivity contribution in [3.8, 4) is 0 Å². The van der Waals surface area contributed by atoms with E-state index in [0.717, 1.165) is 37.9 Å². The van der Waals surface area contributed by atoms with Crippen LogP contribution in [0.15, 0.2) is 12.4 Å². The number of ether oxygens (including phenoxy) is 1. The Labute approximate surface area is 194 Å². The van der Waals surface area contributed by atoms with Gasteiger partial charge in [-0.05, 0) is 88.4 Å². The average Bonchev–Trinajstić information content (AvgIpc) is 2.77. The van der Waals surface area contributed by atoms with E-state index in [1.165, 1.54) is 57.2 Å². The third-order valence-corrected chi connectivity index (χ3v) is 9.17. The van der Waals surface area contributed by atoms with E-state index in [4.69, 9.17) is 14.7 Å². The smallest absolute Gasteiger partial charge is 0.225 e. The minimum Gasteiger partial charge on any atom is -0.381 e. The van der Waals surface area contributed by atoms with Crippen LogP contribution in [0.5, 0.6) is 0 Å². The number of rotatable bonds is 6. The van der Waals surface area contributed by atoms with Crippen molar-refractivity contribution in [1.82, 2.24) is 19.8 Å². The second-order valence-corrected chi connectivity index (χ2v) is 11.2. The predicted octanol–water partition coefficient (Wildman–Crippen LogP) is 3.92. The van der Waals surface area contributed by atoms with Gasteiger partial charge in [0.25, 0.3) is 0 Å². The lowest BCUT2D eigenvalue weighted by molar-refractivity contribution is -0.137. The standard InChI is InChI=1S/C26H43N5O/c1-5-21-17-29(3)18-22(6-2)31(21)25-27-15-20(16-28-25)19-7-9-30(10-8-19)23-11-26(12-23)13-24(14-26)32-4/h15-16,19,21-24H,5-14,17-18H2,1-4H3. The molecule has 1 aromatic rings. The van der Waals surface area contributed by atoms with Gasteiger partial charge in [0.05, 0.1) is 6.10 Å². The molecule has 2 aliphatic carbocycles. The highest BCUT2D eigenvalue weighted by Crippen LogP contribution is 2.58. The molecule has 3 heterocycles. The Morgan fingerprint density at radius 2 is 1.56 bits per heavy atom. The molecule has 2 unspecified atom stereocenters. The highest BCUT2D eigenvalue weighted by molar-refractivity contribution is 5.36. The van der Waals surface area contributed by atoms with Crippen molar-refractivity contribution in [2.24, 2.45) is 5.41 Å². The van der Waals surface area contributed by atoms with Gasteiger partial charge in [0.15, 0.2) is 0 Å². The molecule has 5 rings (SSSR count). The molecule has 0 bridgehead atoms. The highest BCUT2D eigenvalue weighted by atomic mass is 16.5. The zero-order chi connectivity index (χ0) is 22.3. The number of likely N-dealkylation sites (tertiary alicyclic amines) is 1. The minimum absolute atomic E-state index is 0.508. The zero-order valence-electron chi connectivity index (χ0n) is 20.7. The first kappa shape index (κ1) is 22.5. The third-order valence-electron chi connectivity index (χ3n) is 9.17.